The molecular weight excluding hydrogens is 336 g/mol. The van der Waals surface area contributed by atoms with Gasteiger partial charge in [-0.1, -0.05) is 6.58 Å². The molecule has 0 saturated carbocycles. The number of hydrazine groups is 1. The van der Waals surface area contributed by atoms with Crippen molar-refractivity contribution in [2.24, 2.45) is 9.98 Å². The standard InChI is InChI=1S/C19H19F2N5/c1-12(14-4-7-19-23-11-24-26(19)10-14)8-18(22-3)13(2)25-17-6-5-15(20)9-16(17)21/h4-10,24-25H,2,11H2,1,3H3/b12-8+,22-18+. The van der Waals surface area contributed by atoms with E-state index in [9.17, 15) is 8.78 Å². The molecule has 0 fully saturated rings. The van der Waals surface area contributed by atoms with Crippen molar-refractivity contribution in [2.75, 3.05) is 19.0 Å². The molecule has 2 heterocycles. The molecule has 2 N–H and O–H groups in total. The second-order valence-corrected chi connectivity index (χ2v) is 5.78. The summed E-state index contributed by atoms with van der Waals surface area (Å²) in [5.41, 5.74) is 6.18. The van der Waals surface area contributed by atoms with Crippen LogP contribution in [0.5, 0.6) is 0 Å². The van der Waals surface area contributed by atoms with E-state index >= 15 is 0 Å². The number of hydrogen-bond donors (Lipinski definition) is 2. The number of nitrogens with one attached hydrogen (secondary N) is 2. The summed E-state index contributed by atoms with van der Waals surface area (Å²) in [4.78, 5) is 8.50. The Labute approximate surface area is 150 Å². The zero-order valence-corrected chi connectivity index (χ0v) is 14.6. The minimum absolute atomic E-state index is 0.141. The molecule has 0 aliphatic carbocycles. The van der Waals surface area contributed by atoms with Crippen LogP contribution in [0.3, 0.4) is 0 Å². The first-order valence-corrected chi connectivity index (χ1v) is 8.02. The molecule has 0 aromatic heterocycles. The quantitative estimate of drug-likeness (QED) is 0.795. The summed E-state index contributed by atoms with van der Waals surface area (Å²) in [7, 11) is 1.63. The molecule has 26 heavy (non-hydrogen) atoms. The first-order chi connectivity index (χ1) is 12.5. The van der Waals surface area contributed by atoms with Gasteiger partial charge in [0, 0.05) is 19.3 Å². The summed E-state index contributed by atoms with van der Waals surface area (Å²) in [6.45, 7) is 6.41. The summed E-state index contributed by atoms with van der Waals surface area (Å²) < 4.78 is 26.8. The lowest BCUT2D eigenvalue weighted by Crippen LogP contribution is -2.32. The minimum atomic E-state index is -0.688. The van der Waals surface area contributed by atoms with E-state index in [1.807, 2.05) is 36.4 Å². The first-order valence-electron chi connectivity index (χ1n) is 8.02. The Balaban J connectivity index is 1.76. The number of aliphatic imine (C=N–C) groups is 2. The predicted octanol–water partition coefficient (Wildman–Crippen LogP) is 3.54. The zero-order valence-electron chi connectivity index (χ0n) is 14.6. The summed E-state index contributed by atoms with van der Waals surface area (Å²) >= 11 is 0. The van der Waals surface area contributed by atoms with E-state index in [1.54, 1.807) is 7.05 Å². The number of benzene rings is 1. The van der Waals surface area contributed by atoms with Crippen LogP contribution in [0.1, 0.15) is 6.92 Å². The highest BCUT2D eigenvalue weighted by Gasteiger charge is 2.17. The molecule has 7 heteroatoms. The average Bonchev–Trinajstić information content (AvgIpc) is 3.09. The topological polar surface area (TPSA) is 52.0 Å². The van der Waals surface area contributed by atoms with Crippen LogP contribution in [0.2, 0.25) is 0 Å². The molecule has 134 valence electrons. The fourth-order valence-corrected chi connectivity index (χ4v) is 2.57. The maximum absolute atomic E-state index is 13.8. The van der Waals surface area contributed by atoms with Crippen molar-refractivity contribution < 1.29 is 8.78 Å². The molecule has 2 aliphatic rings. The Morgan fingerprint density at radius 3 is 2.92 bits per heavy atom. The Hall–Kier alpha value is -3.06. The lowest BCUT2D eigenvalue weighted by Gasteiger charge is -2.19. The normalized spacial score (nSPS) is 17.0. The molecule has 1 aromatic carbocycles. The molecule has 0 bridgehead atoms. The van der Waals surface area contributed by atoms with Gasteiger partial charge >= 0.3 is 0 Å². The summed E-state index contributed by atoms with van der Waals surface area (Å²) in [5.74, 6) is -0.454. The van der Waals surface area contributed by atoms with E-state index in [0.717, 1.165) is 23.0 Å². The Morgan fingerprint density at radius 2 is 2.19 bits per heavy atom. The third kappa shape index (κ3) is 3.78. The molecule has 0 saturated heterocycles. The van der Waals surface area contributed by atoms with Gasteiger partial charge in [-0.05, 0) is 48.4 Å². The summed E-state index contributed by atoms with van der Waals surface area (Å²) in [6.07, 6.45) is 7.69. The maximum Gasteiger partial charge on any atom is 0.149 e. The second-order valence-electron chi connectivity index (χ2n) is 5.78. The minimum Gasteiger partial charge on any atom is -0.352 e. The van der Waals surface area contributed by atoms with Crippen molar-refractivity contribution in [1.29, 1.82) is 0 Å². The van der Waals surface area contributed by atoms with Gasteiger partial charge in [0.15, 0.2) is 0 Å². The highest BCUT2D eigenvalue weighted by molar-refractivity contribution is 6.10. The van der Waals surface area contributed by atoms with Gasteiger partial charge < -0.3 is 5.32 Å². The third-order valence-electron chi connectivity index (χ3n) is 3.98. The van der Waals surface area contributed by atoms with Gasteiger partial charge in [-0.15, -0.1) is 0 Å². The number of rotatable bonds is 5. The molecule has 0 atom stereocenters. The second kappa shape index (κ2) is 7.45. The highest BCUT2D eigenvalue weighted by atomic mass is 19.1. The van der Waals surface area contributed by atoms with Gasteiger partial charge in [-0.25, -0.2) is 19.2 Å². The van der Waals surface area contributed by atoms with Gasteiger partial charge in [0.1, 0.15) is 24.1 Å². The monoisotopic (exact) mass is 355 g/mol. The van der Waals surface area contributed by atoms with Crippen LogP contribution in [0.25, 0.3) is 0 Å². The molecule has 1 aromatic rings. The lowest BCUT2D eigenvalue weighted by atomic mass is 10.0. The van der Waals surface area contributed by atoms with E-state index in [-0.39, 0.29) is 5.69 Å². The van der Waals surface area contributed by atoms with Crippen molar-refractivity contribution >= 4 is 17.2 Å². The van der Waals surface area contributed by atoms with Crippen LogP contribution in [0.15, 0.2) is 76.0 Å². The fourth-order valence-electron chi connectivity index (χ4n) is 2.57. The molecule has 0 unspecified atom stereocenters. The largest absolute Gasteiger partial charge is 0.352 e. The van der Waals surface area contributed by atoms with Crippen LogP contribution < -0.4 is 10.7 Å². The SMILES string of the molecule is C=C(Nc1ccc(F)cc1F)C(/C=C(\C)C1=CN2NCN=C2C=C1)=N/C. The summed E-state index contributed by atoms with van der Waals surface area (Å²) in [5, 5.41) is 4.70. The third-order valence-corrected chi connectivity index (χ3v) is 3.98. The lowest BCUT2D eigenvalue weighted by molar-refractivity contribution is 0.450. The van der Waals surface area contributed by atoms with Crippen LogP contribution in [-0.2, 0) is 0 Å². The van der Waals surface area contributed by atoms with Crippen molar-refractivity contribution in [3.05, 3.63) is 77.7 Å². The van der Waals surface area contributed by atoms with Gasteiger partial charge in [-0.2, -0.15) is 0 Å². The fraction of sp³-hybridized carbons (Fsp3) is 0.158. The summed E-state index contributed by atoms with van der Waals surface area (Å²) in [6, 6.07) is 3.33. The van der Waals surface area contributed by atoms with Gasteiger partial charge in [0.2, 0.25) is 0 Å². The van der Waals surface area contributed by atoms with Crippen LogP contribution in [0, 0.1) is 11.6 Å². The van der Waals surface area contributed by atoms with Crippen LogP contribution in [0.4, 0.5) is 14.5 Å². The maximum atomic E-state index is 13.8. The van der Waals surface area contributed by atoms with E-state index in [1.165, 1.54) is 12.1 Å². The van der Waals surface area contributed by atoms with Gasteiger partial charge in [-0.3, -0.25) is 10.0 Å². The molecule has 0 spiro atoms. The van der Waals surface area contributed by atoms with Crippen LogP contribution in [-0.4, -0.2) is 30.3 Å². The Morgan fingerprint density at radius 1 is 1.38 bits per heavy atom. The number of amidine groups is 1. The number of fused-ring (bicyclic) bond motifs is 1. The number of allylic oxidation sites excluding steroid dienone is 4. The van der Waals surface area contributed by atoms with Gasteiger partial charge in [0.25, 0.3) is 0 Å². The van der Waals surface area contributed by atoms with Crippen molar-refractivity contribution in [3.63, 3.8) is 0 Å². The number of halogens is 2. The van der Waals surface area contributed by atoms with E-state index < -0.39 is 11.6 Å². The molecular formula is C19H19F2N5. The average molecular weight is 355 g/mol. The number of anilines is 1. The predicted molar refractivity (Wildman–Crippen MR) is 101 cm³/mol. The number of nitrogens with zero attached hydrogens (tertiary/aromatic N) is 3. The smallest absolute Gasteiger partial charge is 0.149 e. The van der Waals surface area contributed by atoms with E-state index in [4.69, 9.17) is 0 Å². The van der Waals surface area contributed by atoms with Crippen molar-refractivity contribution in [2.45, 2.75) is 6.92 Å². The first kappa shape index (κ1) is 17.8. The van der Waals surface area contributed by atoms with E-state index in [2.05, 4.69) is 27.3 Å². The van der Waals surface area contributed by atoms with Gasteiger partial charge in [0.05, 0.1) is 17.1 Å². The molecule has 3 rings (SSSR count). The molecule has 2 aliphatic heterocycles. The molecule has 5 nitrogen and oxygen atoms in total. The van der Waals surface area contributed by atoms with Crippen molar-refractivity contribution in [1.82, 2.24) is 10.4 Å². The molecule has 0 amide bonds. The molecule has 0 radical (unpaired) electrons. The Bertz CT molecular complexity index is 893. The highest BCUT2D eigenvalue weighted by Crippen LogP contribution is 2.20. The number of hydrogen-bond acceptors (Lipinski definition) is 5. The Kier molecular flexibility index (Phi) is 5.09. The van der Waals surface area contributed by atoms with Crippen LogP contribution >= 0.6 is 0 Å². The van der Waals surface area contributed by atoms with E-state index in [0.29, 0.717) is 18.1 Å². The van der Waals surface area contributed by atoms with Crippen molar-refractivity contribution in [3.8, 4) is 0 Å². The zero-order chi connectivity index (χ0) is 18.7.